The van der Waals surface area contributed by atoms with Crippen LogP contribution in [0.1, 0.15) is 27.6 Å². The molecule has 1 N–H and O–H groups in total. The number of hydrogen-bond donors (Lipinski definition) is 1. The van der Waals surface area contributed by atoms with Crippen LogP contribution in [0.5, 0.6) is 5.75 Å². The van der Waals surface area contributed by atoms with Crippen molar-refractivity contribution in [2.24, 2.45) is 0 Å². The highest BCUT2D eigenvalue weighted by Gasteiger charge is 2.11. The van der Waals surface area contributed by atoms with E-state index in [1.54, 1.807) is 43.5 Å². The Kier molecular flexibility index (Phi) is 4.19. The molecule has 7 heteroatoms. The second-order valence-corrected chi connectivity index (χ2v) is 6.22. The summed E-state index contributed by atoms with van der Waals surface area (Å²) >= 11 is 0. The van der Waals surface area contributed by atoms with Gasteiger partial charge in [-0.05, 0) is 44.2 Å². The summed E-state index contributed by atoms with van der Waals surface area (Å²) in [7, 11) is 1.60. The lowest BCUT2D eigenvalue weighted by atomic mass is 10.1. The number of nitrogens with zero attached hydrogens (tertiary/aromatic N) is 3. The average molecular weight is 362 g/mol. The third-order valence-corrected chi connectivity index (χ3v) is 4.38. The molecule has 0 unspecified atom stereocenters. The maximum absolute atomic E-state index is 12.5. The van der Waals surface area contributed by atoms with Gasteiger partial charge in [-0.15, -0.1) is 0 Å². The molecule has 0 aliphatic carbocycles. The Balaban J connectivity index is 1.52. The van der Waals surface area contributed by atoms with Gasteiger partial charge in [-0.3, -0.25) is 4.79 Å². The quantitative estimate of drug-likeness (QED) is 0.599. The van der Waals surface area contributed by atoms with E-state index < -0.39 is 0 Å². The Labute approximate surface area is 155 Å². The Bertz CT molecular complexity index is 1170. The largest absolute Gasteiger partial charge is 0.497 e. The van der Waals surface area contributed by atoms with Crippen LogP contribution in [0.2, 0.25) is 0 Å². The molecule has 1 amide bonds. The Morgan fingerprint density at radius 2 is 1.78 bits per heavy atom. The van der Waals surface area contributed by atoms with Gasteiger partial charge in [-0.2, -0.15) is 0 Å². The lowest BCUT2D eigenvalue weighted by Crippen LogP contribution is -2.22. The number of rotatable bonds is 4. The number of fused-ring (bicyclic) bond motifs is 2. The molecule has 0 saturated carbocycles. The smallest absolute Gasteiger partial charge is 0.251 e. The van der Waals surface area contributed by atoms with Crippen molar-refractivity contribution in [1.82, 2.24) is 20.3 Å². The van der Waals surface area contributed by atoms with Crippen LogP contribution in [-0.2, 0) is 6.54 Å². The molecular formula is C20H18N4O3. The highest BCUT2D eigenvalue weighted by Crippen LogP contribution is 2.21. The van der Waals surface area contributed by atoms with E-state index in [0.29, 0.717) is 33.8 Å². The molecule has 0 saturated heterocycles. The molecule has 2 aromatic carbocycles. The van der Waals surface area contributed by atoms with Crippen molar-refractivity contribution in [2.45, 2.75) is 20.4 Å². The molecule has 7 nitrogen and oxygen atoms in total. The fourth-order valence-corrected chi connectivity index (χ4v) is 2.79. The van der Waals surface area contributed by atoms with Crippen LogP contribution in [0, 0.1) is 13.8 Å². The van der Waals surface area contributed by atoms with Crippen molar-refractivity contribution in [3.05, 3.63) is 59.2 Å². The monoisotopic (exact) mass is 362 g/mol. The third kappa shape index (κ3) is 3.31. The number of ether oxygens (including phenoxy) is 1. The molecule has 27 heavy (non-hydrogen) atoms. The van der Waals surface area contributed by atoms with E-state index in [-0.39, 0.29) is 12.5 Å². The average Bonchev–Trinajstić information content (AvgIpc) is 3.08. The van der Waals surface area contributed by atoms with Crippen LogP contribution in [-0.4, -0.2) is 28.0 Å². The number of benzene rings is 2. The summed E-state index contributed by atoms with van der Waals surface area (Å²) < 4.78 is 10.8. The fraction of sp³-hybridized carbons (Fsp3) is 0.200. The standard InChI is InChI=1S/C20H18N4O3/c1-11-12(2)23-16-8-13(4-6-15(16)22-11)20(25)21-10-19-24-17-9-14(26-3)5-7-18(17)27-19/h4-9H,10H2,1-3H3,(H,21,25). The van der Waals surface area contributed by atoms with Gasteiger partial charge in [-0.1, -0.05) is 0 Å². The number of nitrogens with one attached hydrogen (secondary N) is 1. The van der Waals surface area contributed by atoms with E-state index in [1.165, 1.54) is 0 Å². The van der Waals surface area contributed by atoms with Crippen LogP contribution in [0.15, 0.2) is 40.8 Å². The molecule has 2 aromatic heterocycles. The van der Waals surface area contributed by atoms with E-state index in [1.807, 2.05) is 13.8 Å². The summed E-state index contributed by atoms with van der Waals surface area (Å²) in [4.78, 5) is 25.8. The molecule has 4 rings (SSSR count). The number of methoxy groups -OCH3 is 1. The van der Waals surface area contributed by atoms with Crippen molar-refractivity contribution in [2.75, 3.05) is 7.11 Å². The van der Waals surface area contributed by atoms with Crippen LogP contribution < -0.4 is 10.1 Å². The van der Waals surface area contributed by atoms with Crippen molar-refractivity contribution >= 4 is 28.0 Å². The second kappa shape index (κ2) is 6.68. The SMILES string of the molecule is COc1ccc2oc(CNC(=O)c3ccc4nc(C)c(C)nc4c3)nc2c1. The Morgan fingerprint density at radius 1 is 1.00 bits per heavy atom. The van der Waals surface area contributed by atoms with E-state index in [2.05, 4.69) is 20.3 Å². The minimum Gasteiger partial charge on any atom is -0.497 e. The fourth-order valence-electron chi connectivity index (χ4n) is 2.79. The molecule has 2 heterocycles. The van der Waals surface area contributed by atoms with E-state index >= 15 is 0 Å². The normalized spacial score (nSPS) is 11.1. The number of carbonyl (C=O) groups is 1. The highest BCUT2D eigenvalue weighted by molar-refractivity contribution is 5.97. The molecule has 136 valence electrons. The topological polar surface area (TPSA) is 90.1 Å². The lowest BCUT2D eigenvalue weighted by molar-refractivity contribution is 0.0947. The van der Waals surface area contributed by atoms with E-state index in [4.69, 9.17) is 9.15 Å². The number of carbonyl (C=O) groups excluding carboxylic acids is 1. The Morgan fingerprint density at radius 3 is 2.56 bits per heavy atom. The summed E-state index contributed by atoms with van der Waals surface area (Å²) in [6.07, 6.45) is 0. The van der Waals surface area contributed by atoms with E-state index in [9.17, 15) is 4.79 Å². The van der Waals surface area contributed by atoms with Crippen LogP contribution >= 0.6 is 0 Å². The molecule has 0 fully saturated rings. The van der Waals surface area contributed by atoms with Gasteiger partial charge in [0.15, 0.2) is 5.58 Å². The first-order chi connectivity index (χ1) is 13.0. The summed E-state index contributed by atoms with van der Waals surface area (Å²) in [5.41, 5.74) is 5.03. The Hall–Kier alpha value is -3.48. The molecular weight excluding hydrogens is 344 g/mol. The molecule has 4 aromatic rings. The van der Waals surface area contributed by atoms with Crippen molar-refractivity contribution in [1.29, 1.82) is 0 Å². The van der Waals surface area contributed by atoms with Crippen LogP contribution in [0.3, 0.4) is 0 Å². The minimum absolute atomic E-state index is 0.187. The summed E-state index contributed by atoms with van der Waals surface area (Å²) in [5.74, 6) is 0.907. The number of aromatic nitrogens is 3. The molecule has 0 bridgehead atoms. The number of aryl methyl sites for hydroxylation is 2. The van der Waals surface area contributed by atoms with Gasteiger partial charge in [0.25, 0.3) is 5.91 Å². The first kappa shape index (κ1) is 17.0. The molecule has 0 aliphatic rings. The van der Waals surface area contributed by atoms with Gasteiger partial charge in [0.2, 0.25) is 5.89 Å². The zero-order valence-corrected chi connectivity index (χ0v) is 15.2. The maximum Gasteiger partial charge on any atom is 0.251 e. The predicted molar refractivity (Wildman–Crippen MR) is 101 cm³/mol. The molecule has 0 radical (unpaired) electrons. The zero-order chi connectivity index (χ0) is 19.0. The first-order valence-electron chi connectivity index (χ1n) is 8.50. The van der Waals surface area contributed by atoms with Gasteiger partial charge < -0.3 is 14.5 Å². The minimum atomic E-state index is -0.225. The maximum atomic E-state index is 12.5. The van der Waals surface area contributed by atoms with Gasteiger partial charge in [-0.25, -0.2) is 15.0 Å². The zero-order valence-electron chi connectivity index (χ0n) is 15.2. The second-order valence-electron chi connectivity index (χ2n) is 6.22. The first-order valence-corrected chi connectivity index (χ1v) is 8.50. The summed E-state index contributed by atoms with van der Waals surface area (Å²) in [5, 5.41) is 2.82. The van der Waals surface area contributed by atoms with Gasteiger partial charge >= 0.3 is 0 Å². The molecule has 0 aliphatic heterocycles. The van der Waals surface area contributed by atoms with Crippen molar-refractivity contribution in [3.8, 4) is 5.75 Å². The highest BCUT2D eigenvalue weighted by atomic mass is 16.5. The van der Waals surface area contributed by atoms with E-state index in [0.717, 1.165) is 16.9 Å². The lowest BCUT2D eigenvalue weighted by Gasteiger charge is -2.06. The predicted octanol–water partition coefficient (Wildman–Crippen LogP) is 3.33. The molecule has 0 atom stereocenters. The number of amides is 1. The third-order valence-electron chi connectivity index (χ3n) is 4.38. The van der Waals surface area contributed by atoms with Gasteiger partial charge in [0.05, 0.1) is 36.1 Å². The van der Waals surface area contributed by atoms with Crippen molar-refractivity contribution in [3.63, 3.8) is 0 Å². The number of hydrogen-bond acceptors (Lipinski definition) is 6. The molecule has 0 spiro atoms. The van der Waals surface area contributed by atoms with Crippen LogP contribution in [0.4, 0.5) is 0 Å². The summed E-state index contributed by atoms with van der Waals surface area (Å²) in [6, 6.07) is 10.7. The van der Waals surface area contributed by atoms with Crippen LogP contribution in [0.25, 0.3) is 22.1 Å². The number of oxazole rings is 1. The van der Waals surface area contributed by atoms with Gasteiger partial charge in [0, 0.05) is 11.6 Å². The summed E-state index contributed by atoms with van der Waals surface area (Å²) in [6.45, 7) is 4.00. The van der Waals surface area contributed by atoms with Gasteiger partial charge in [0.1, 0.15) is 11.3 Å². The van der Waals surface area contributed by atoms with Crippen molar-refractivity contribution < 1.29 is 13.9 Å².